The molecule has 0 rings (SSSR count). The molecule has 0 fully saturated rings. The Morgan fingerprint density at radius 2 is 1.00 bits per heavy atom. The van der Waals surface area contributed by atoms with Gasteiger partial charge in [0.1, 0.15) is 0 Å². The maximum absolute atomic E-state index is 8.90. The van der Waals surface area contributed by atoms with Gasteiger partial charge in [-0.3, -0.25) is 9.13 Å². The fraction of sp³-hybridized carbons (Fsp3) is 1.00. The standard InChI is InChI=1S/2CH3OP.HOPS/c2*1-3-2;1-2-3/h2*1H3;(H,1,3)/p-1. The molecule has 54 valence electrons. The summed E-state index contributed by atoms with van der Waals surface area (Å²) in [6.45, 7) is 3.08. The Hall–Kier alpha value is 0.650. The van der Waals surface area contributed by atoms with E-state index < -0.39 is 0 Å². The Morgan fingerprint density at radius 1 is 1.00 bits per heavy atom. The quantitative estimate of drug-likeness (QED) is 0.448. The highest BCUT2D eigenvalue weighted by Crippen LogP contribution is 1.72. The first-order valence-electron chi connectivity index (χ1n) is 1.62. The first-order valence-corrected chi connectivity index (χ1v) is 5.97. The van der Waals surface area contributed by atoms with Crippen LogP contribution in [-0.4, -0.2) is 13.3 Å². The van der Waals surface area contributed by atoms with Crippen molar-refractivity contribution in [3.8, 4) is 0 Å². The van der Waals surface area contributed by atoms with Crippen molar-refractivity contribution in [1.82, 2.24) is 0 Å². The van der Waals surface area contributed by atoms with Crippen LogP contribution >= 0.6 is 24.6 Å². The van der Waals surface area contributed by atoms with E-state index in [1.54, 1.807) is 13.3 Å². The molecule has 0 aliphatic carbocycles. The van der Waals surface area contributed by atoms with Crippen molar-refractivity contribution in [2.75, 3.05) is 13.3 Å². The van der Waals surface area contributed by atoms with Gasteiger partial charge in [0.2, 0.25) is 0 Å². The third kappa shape index (κ3) is 905. The molecule has 0 aromatic heterocycles. The molecule has 0 aliphatic heterocycles. The van der Waals surface area contributed by atoms with Gasteiger partial charge in [-0.25, -0.2) is 0 Å². The Morgan fingerprint density at radius 3 is 1.00 bits per heavy atom. The van der Waals surface area contributed by atoms with Crippen LogP contribution in [0.2, 0.25) is 0 Å². The lowest BCUT2D eigenvalue weighted by Gasteiger charge is -1.56. The van der Waals surface area contributed by atoms with Crippen molar-refractivity contribution >= 4 is 36.8 Å². The van der Waals surface area contributed by atoms with E-state index in [4.69, 9.17) is 13.7 Å². The van der Waals surface area contributed by atoms with Gasteiger partial charge in [-0.1, -0.05) is 0 Å². The van der Waals surface area contributed by atoms with E-state index in [1.807, 2.05) is 0 Å². The van der Waals surface area contributed by atoms with E-state index in [0.29, 0.717) is 0 Å². The van der Waals surface area contributed by atoms with Gasteiger partial charge in [-0.05, 0) is 7.66 Å². The van der Waals surface area contributed by atoms with Crippen molar-refractivity contribution in [3.63, 3.8) is 0 Å². The average molecular weight is 203 g/mol. The van der Waals surface area contributed by atoms with Gasteiger partial charge < -0.3 is 16.8 Å². The SMILES string of the molecule is CP=O.CP=O.O=P[S-]. The maximum atomic E-state index is 8.90. The van der Waals surface area contributed by atoms with Gasteiger partial charge in [0.15, 0.2) is 16.9 Å². The first-order chi connectivity index (χ1) is 4.24. The molecule has 0 unspecified atom stereocenters. The summed E-state index contributed by atoms with van der Waals surface area (Å²) < 4.78 is 26.5. The lowest BCUT2D eigenvalue weighted by molar-refractivity contribution is 0.600. The van der Waals surface area contributed by atoms with Crippen LogP contribution in [0.5, 0.6) is 0 Å². The first kappa shape index (κ1) is 16.3. The minimum Gasteiger partial charge on any atom is -0.682 e. The zero-order valence-electron chi connectivity index (χ0n) is 4.97. The maximum Gasteiger partial charge on any atom is 0.151 e. The molecule has 0 spiro atoms. The fourth-order valence-corrected chi connectivity index (χ4v) is 0. The van der Waals surface area contributed by atoms with Crippen molar-refractivity contribution < 1.29 is 13.7 Å². The number of hydrogen-bond donors (Lipinski definition) is 0. The van der Waals surface area contributed by atoms with E-state index in [1.165, 1.54) is 0 Å². The Kier molecular flexibility index (Phi) is 68.9. The van der Waals surface area contributed by atoms with Crippen molar-refractivity contribution in [2.24, 2.45) is 0 Å². The second-order valence-electron chi connectivity index (χ2n) is 0.440. The molecule has 9 heavy (non-hydrogen) atoms. The summed E-state index contributed by atoms with van der Waals surface area (Å²) in [5, 5.41) is 0. The predicted octanol–water partition coefficient (Wildman–Crippen LogP) is 2.56. The van der Waals surface area contributed by atoms with Crippen LogP contribution in [0, 0.1) is 0 Å². The minimum atomic E-state index is -0.250. The second kappa shape index (κ2) is 38.0. The summed E-state index contributed by atoms with van der Waals surface area (Å²) in [6.07, 6.45) is 0. The van der Waals surface area contributed by atoms with Crippen LogP contribution in [0.1, 0.15) is 0 Å². The van der Waals surface area contributed by atoms with Crippen LogP contribution in [0.25, 0.3) is 0 Å². The van der Waals surface area contributed by atoms with Crippen LogP contribution in [-0.2, 0) is 25.9 Å². The normalized spacial score (nSPS) is 7.00. The molecular weight excluding hydrogens is 197 g/mol. The zero-order chi connectivity index (χ0) is 8.12. The fourth-order valence-electron chi connectivity index (χ4n) is 0. The van der Waals surface area contributed by atoms with Crippen molar-refractivity contribution in [1.29, 1.82) is 0 Å². The second-order valence-corrected chi connectivity index (χ2v) is 1.77. The molecule has 0 N–H and O–H groups in total. The molecule has 0 atom stereocenters. The predicted molar refractivity (Wildman–Crippen MR) is 42.0 cm³/mol. The molecular formula is C2H6O3P3S-. The largest absolute Gasteiger partial charge is 0.682 e. The van der Waals surface area contributed by atoms with Crippen LogP contribution in [0.3, 0.4) is 0 Å². The summed E-state index contributed by atoms with van der Waals surface area (Å²) in [5.41, 5.74) is 0. The minimum absolute atomic E-state index is 0.167. The molecule has 0 radical (unpaired) electrons. The summed E-state index contributed by atoms with van der Waals surface area (Å²) >= 11 is 3.81. The van der Waals surface area contributed by atoms with E-state index >= 15 is 0 Å². The Balaban J connectivity index is -0.0000000600. The Bertz CT molecular complexity index is 53.8. The van der Waals surface area contributed by atoms with Gasteiger partial charge in [-0.15, -0.1) is 0 Å². The van der Waals surface area contributed by atoms with Crippen LogP contribution < -0.4 is 0 Å². The Labute approximate surface area is 64.4 Å². The molecule has 0 heterocycles. The molecule has 7 heteroatoms. The summed E-state index contributed by atoms with van der Waals surface area (Å²) in [6, 6.07) is 0. The lowest BCUT2D eigenvalue weighted by Crippen LogP contribution is -0.988. The highest BCUT2D eigenvalue weighted by atomic mass is 32.7. The number of hydrogen-bond acceptors (Lipinski definition) is 4. The third-order valence-corrected chi connectivity index (χ3v) is 0. The summed E-state index contributed by atoms with van der Waals surface area (Å²) in [5.74, 6) is 0. The summed E-state index contributed by atoms with van der Waals surface area (Å²) in [4.78, 5) is 0. The molecule has 0 bridgehead atoms. The number of rotatable bonds is 0. The van der Waals surface area contributed by atoms with E-state index in [0.717, 1.165) is 0 Å². The van der Waals surface area contributed by atoms with Crippen LogP contribution in [0.4, 0.5) is 0 Å². The molecule has 0 aromatic rings. The molecule has 0 aromatic carbocycles. The molecule has 3 nitrogen and oxygen atoms in total. The van der Waals surface area contributed by atoms with Gasteiger partial charge in [0, 0.05) is 13.3 Å². The molecule has 0 saturated carbocycles. The highest BCUT2D eigenvalue weighted by molar-refractivity contribution is 8.19. The summed E-state index contributed by atoms with van der Waals surface area (Å²) in [7, 11) is 0.0833. The molecule has 0 aliphatic rings. The van der Waals surface area contributed by atoms with Gasteiger partial charge >= 0.3 is 0 Å². The smallest absolute Gasteiger partial charge is 0.151 e. The highest BCUT2D eigenvalue weighted by Gasteiger charge is 1.27. The van der Waals surface area contributed by atoms with E-state index in [9.17, 15) is 0 Å². The molecule has 0 amide bonds. The van der Waals surface area contributed by atoms with Crippen molar-refractivity contribution in [2.45, 2.75) is 0 Å². The topological polar surface area (TPSA) is 51.2 Å². The van der Waals surface area contributed by atoms with Gasteiger partial charge in [0.25, 0.3) is 0 Å². The molecule has 0 saturated heterocycles. The zero-order valence-corrected chi connectivity index (χ0v) is 8.47. The van der Waals surface area contributed by atoms with Gasteiger partial charge in [0.05, 0.1) is 0 Å². The van der Waals surface area contributed by atoms with Gasteiger partial charge in [-0.2, -0.15) is 0 Å². The average Bonchev–Trinajstić information content (AvgIpc) is 1.70. The van der Waals surface area contributed by atoms with E-state index in [2.05, 4.69) is 12.2 Å². The lowest BCUT2D eigenvalue weighted by atomic mass is 12.0. The van der Waals surface area contributed by atoms with Crippen molar-refractivity contribution in [3.05, 3.63) is 0 Å². The van der Waals surface area contributed by atoms with Crippen LogP contribution in [0.15, 0.2) is 0 Å². The van der Waals surface area contributed by atoms with E-state index in [-0.39, 0.29) is 24.6 Å². The third-order valence-electron chi connectivity index (χ3n) is 0. The monoisotopic (exact) mass is 203 g/mol.